The van der Waals surface area contributed by atoms with Gasteiger partial charge in [-0.2, -0.15) is 0 Å². The molecule has 1 aliphatic carbocycles. The molecular formula is C14H17N5. The van der Waals surface area contributed by atoms with Gasteiger partial charge >= 0.3 is 0 Å². The lowest BCUT2D eigenvalue weighted by molar-refractivity contribution is 0.434. The first-order chi connectivity index (χ1) is 9.36. The van der Waals surface area contributed by atoms with E-state index in [1.807, 2.05) is 19.3 Å². The van der Waals surface area contributed by atoms with Crippen LogP contribution in [0.2, 0.25) is 0 Å². The van der Waals surface area contributed by atoms with Gasteiger partial charge in [0, 0.05) is 18.1 Å². The molecule has 0 saturated heterocycles. The van der Waals surface area contributed by atoms with Crippen molar-refractivity contribution in [2.45, 2.75) is 19.3 Å². The van der Waals surface area contributed by atoms with Gasteiger partial charge in [0.25, 0.3) is 0 Å². The highest BCUT2D eigenvalue weighted by Gasteiger charge is 2.20. The minimum atomic E-state index is 0.700. The van der Waals surface area contributed by atoms with Crippen LogP contribution >= 0.6 is 0 Å². The van der Waals surface area contributed by atoms with E-state index in [0.717, 1.165) is 25.1 Å². The highest BCUT2D eigenvalue weighted by atomic mass is 14.9. The molecule has 19 heavy (non-hydrogen) atoms. The third-order valence-corrected chi connectivity index (χ3v) is 3.56. The lowest BCUT2D eigenvalue weighted by atomic mass is 9.87. The summed E-state index contributed by atoms with van der Waals surface area (Å²) in [6, 6.07) is 1.84. The highest BCUT2D eigenvalue weighted by molar-refractivity contribution is 5.48. The maximum absolute atomic E-state index is 4.66. The molecule has 1 unspecified atom stereocenters. The summed E-state index contributed by atoms with van der Waals surface area (Å²) in [6.45, 7) is 1.06. The first-order valence-corrected chi connectivity index (χ1v) is 6.62. The van der Waals surface area contributed by atoms with Gasteiger partial charge in [-0.25, -0.2) is 19.9 Å². The van der Waals surface area contributed by atoms with E-state index in [9.17, 15) is 0 Å². The molecule has 5 heteroatoms. The molecule has 3 rings (SSSR count). The Labute approximate surface area is 112 Å². The SMILES string of the molecule is CNCC1CCc2nc(-c3ccncn3)ncc2C1. The molecule has 0 radical (unpaired) electrons. The van der Waals surface area contributed by atoms with Crippen molar-refractivity contribution in [1.82, 2.24) is 25.3 Å². The topological polar surface area (TPSA) is 63.6 Å². The molecule has 0 aromatic carbocycles. The van der Waals surface area contributed by atoms with Crippen molar-refractivity contribution in [2.24, 2.45) is 5.92 Å². The average molecular weight is 255 g/mol. The summed E-state index contributed by atoms with van der Waals surface area (Å²) in [5.41, 5.74) is 3.25. The predicted octanol–water partition coefficient (Wildman–Crippen LogP) is 1.26. The van der Waals surface area contributed by atoms with Gasteiger partial charge in [-0.3, -0.25) is 0 Å². The average Bonchev–Trinajstić information content (AvgIpc) is 2.48. The van der Waals surface area contributed by atoms with Gasteiger partial charge in [-0.15, -0.1) is 0 Å². The lowest BCUT2D eigenvalue weighted by Gasteiger charge is -2.23. The first kappa shape index (κ1) is 12.2. The molecule has 2 aromatic rings. The molecular weight excluding hydrogens is 238 g/mol. The number of fused-ring (bicyclic) bond motifs is 1. The van der Waals surface area contributed by atoms with Crippen LogP contribution in [0.3, 0.4) is 0 Å². The molecule has 0 amide bonds. The first-order valence-electron chi connectivity index (χ1n) is 6.62. The molecule has 0 aliphatic heterocycles. The number of nitrogens with zero attached hydrogens (tertiary/aromatic N) is 4. The third-order valence-electron chi connectivity index (χ3n) is 3.56. The van der Waals surface area contributed by atoms with Crippen LogP contribution in [0.25, 0.3) is 11.5 Å². The molecule has 5 nitrogen and oxygen atoms in total. The molecule has 1 N–H and O–H groups in total. The van der Waals surface area contributed by atoms with E-state index in [4.69, 9.17) is 0 Å². The standard InChI is InChI=1S/C14H17N5/c1-15-7-10-2-3-12-11(6-10)8-17-14(19-12)13-4-5-16-9-18-13/h4-5,8-10,15H,2-3,6-7H2,1H3. The Hall–Kier alpha value is -1.88. The Balaban J connectivity index is 1.86. The molecule has 1 atom stereocenters. The number of aromatic nitrogens is 4. The van der Waals surface area contributed by atoms with Crippen LogP contribution in [-0.4, -0.2) is 33.5 Å². The number of aryl methyl sites for hydroxylation is 1. The van der Waals surface area contributed by atoms with Crippen molar-refractivity contribution in [3.8, 4) is 11.5 Å². The van der Waals surface area contributed by atoms with Crippen molar-refractivity contribution in [3.05, 3.63) is 36.0 Å². The summed E-state index contributed by atoms with van der Waals surface area (Å²) < 4.78 is 0. The fourth-order valence-electron chi connectivity index (χ4n) is 2.59. The summed E-state index contributed by atoms with van der Waals surface area (Å²) in [5, 5.41) is 3.25. The molecule has 98 valence electrons. The Bertz CT molecular complexity index is 555. The second-order valence-corrected chi connectivity index (χ2v) is 4.93. The van der Waals surface area contributed by atoms with E-state index in [2.05, 4.69) is 25.3 Å². The second kappa shape index (κ2) is 5.40. The lowest BCUT2D eigenvalue weighted by Crippen LogP contribution is -2.25. The Morgan fingerprint density at radius 1 is 1.37 bits per heavy atom. The zero-order valence-electron chi connectivity index (χ0n) is 11.0. The Kier molecular flexibility index (Phi) is 3.46. The molecule has 1 aliphatic rings. The van der Waals surface area contributed by atoms with Crippen LogP contribution in [0.1, 0.15) is 17.7 Å². The van der Waals surface area contributed by atoms with Crippen LogP contribution in [-0.2, 0) is 12.8 Å². The largest absolute Gasteiger partial charge is 0.319 e. The monoisotopic (exact) mass is 255 g/mol. The van der Waals surface area contributed by atoms with E-state index in [-0.39, 0.29) is 0 Å². The molecule has 2 heterocycles. The van der Waals surface area contributed by atoms with Gasteiger partial charge in [0.05, 0.1) is 0 Å². The van der Waals surface area contributed by atoms with Crippen molar-refractivity contribution in [2.75, 3.05) is 13.6 Å². The summed E-state index contributed by atoms with van der Waals surface area (Å²) in [5.74, 6) is 1.40. The van der Waals surface area contributed by atoms with Crippen LogP contribution < -0.4 is 5.32 Å². The normalized spacial score (nSPS) is 18.1. The second-order valence-electron chi connectivity index (χ2n) is 4.93. The fourth-order valence-corrected chi connectivity index (χ4v) is 2.59. The van der Waals surface area contributed by atoms with Crippen LogP contribution in [0.15, 0.2) is 24.8 Å². The number of nitrogens with one attached hydrogen (secondary N) is 1. The quantitative estimate of drug-likeness (QED) is 0.894. The van der Waals surface area contributed by atoms with Crippen molar-refractivity contribution in [1.29, 1.82) is 0 Å². The molecule has 0 spiro atoms. The maximum Gasteiger partial charge on any atom is 0.178 e. The zero-order chi connectivity index (χ0) is 13.1. The zero-order valence-corrected chi connectivity index (χ0v) is 11.0. The molecule has 2 aromatic heterocycles. The van der Waals surface area contributed by atoms with Crippen molar-refractivity contribution >= 4 is 0 Å². The van der Waals surface area contributed by atoms with Gasteiger partial charge in [0.15, 0.2) is 5.82 Å². The van der Waals surface area contributed by atoms with Crippen LogP contribution in [0.5, 0.6) is 0 Å². The Morgan fingerprint density at radius 3 is 3.11 bits per heavy atom. The van der Waals surface area contributed by atoms with Crippen LogP contribution in [0, 0.1) is 5.92 Å². The smallest absolute Gasteiger partial charge is 0.178 e. The van der Waals surface area contributed by atoms with Gasteiger partial charge in [0.1, 0.15) is 12.0 Å². The van der Waals surface area contributed by atoms with Gasteiger partial charge < -0.3 is 5.32 Å². The molecule has 0 bridgehead atoms. The summed E-state index contributed by atoms with van der Waals surface area (Å²) in [6.07, 6.45) is 8.49. The highest BCUT2D eigenvalue weighted by Crippen LogP contribution is 2.24. The van der Waals surface area contributed by atoms with Crippen molar-refractivity contribution in [3.63, 3.8) is 0 Å². The number of hydrogen-bond acceptors (Lipinski definition) is 5. The summed E-state index contributed by atoms with van der Waals surface area (Å²) in [4.78, 5) is 17.2. The van der Waals surface area contributed by atoms with Crippen LogP contribution in [0.4, 0.5) is 0 Å². The summed E-state index contributed by atoms with van der Waals surface area (Å²) in [7, 11) is 2.00. The fraction of sp³-hybridized carbons (Fsp3) is 0.429. The maximum atomic E-state index is 4.66. The van der Waals surface area contributed by atoms with E-state index in [1.54, 1.807) is 6.20 Å². The molecule has 0 saturated carbocycles. The Morgan fingerprint density at radius 2 is 2.32 bits per heavy atom. The summed E-state index contributed by atoms with van der Waals surface area (Å²) >= 11 is 0. The molecule has 0 fully saturated rings. The van der Waals surface area contributed by atoms with Gasteiger partial charge in [-0.1, -0.05) is 0 Å². The minimum Gasteiger partial charge on any atom is -0.319 e. The number of rotatable bonds is 3. The van der Waals surface area contributed by atoms with Gasteiger partial charge in [0.2, 0.25) is 0 Å². The number of hydrogen-bond donors (Lipinski definition) is 1. The van der Waals surface area contributed by atoms with Crippen molar-refractivity contribution < 1.29 is 0 Å². The third kappa shape index (κ3) is 2.61. The van der Waals surface area contributed by atoms with E-state index >= 15 is 0 Å². The van der Waals surface area contributed by atoms with Gasteiger partial charge in [-0.05, 0) is 50.4 Å². The predicted molar refractivity (Wildman–Crippen MR) is 72.5 cm³/mol. The van der Waals surface area contributed by atoms with E-state index < -0.39 is 0 Å². The van der Waals surface area contributed by atoms with E-state index in [0.29, 0.717) is 11.7 Å². The van der Waals surface area contributed by atoms with E-state index in [1.165, 1.54) is 24.0 Å². The minimum absolute atomic E-state index is 0.700.